The topological polar surface area (TPSA) is 63.0 Å². The Labute approximate surface area is 141 Å². The summed E-state index contributed by atoms with van der Waals surface area (Å²) in [6, 6.07) is 5.77. The predicted octanol–water partition coefficient (Wildman–Crippen LogP) is 2.75. The molecule has 1 N–H and O–H groups in total. The molecule has 2 aliphatic rings. The molecule has 3 rings (SSSR count). The number of anilines is 1. The summed E-state index contributed by atoms with van der Waals surface area (Å²) in [5.41, 5.74) is 2.50. The summed E-state index contributed by atoms with van der Waals surface area (Å²) in [6.07, 6.45) is 1.48. The van der Waals surface area contributed by atoms with Crippen LogP contribution in [0.2, 0.25) is 0 Å². The lowest BCUT2D eigenvalue weighted by Gasteiger charge is -2.16. The molecule has 6 nitrogen and oxygen atoms in total. The van der Waals surface area contributed by atoms with Crippen LogP contribution in [0, 0.1) is 13.5 Å². The van der Waals surface area contributed by atoms with Crippen LogP contribution in [-0.2, 0) is 15.1 Å². The van der Waals surface area contributed by atoms with Gasteiger partial charge in [0.05, 0.1) is 13.1 Å². The molecule has 2 fully saturated rings. The fourth-order valence-corrected chi connectivity index (χ4v) is 3.09. The number of carbonyl (C=O) groups excluding carboxylic acids is 2. The number of ether oxygens (including phenoxy) is 1. The third-order valence-electron chi connectivity index (χ3n) is 4.68. The maximum atomic E-state index is 12.1. The molecule has 0 radical (unpaired) electrons. The summed E-state index contributed by atoms with van der Waals surface area (Å²) in [7, 11) is 0. The molecule has 0 bridgehead atoms. The lowest BCUT2D eigenvalue weighted by molar-refractivity contribution is -0.121. The predicted molar refractivity (Wildman–Crippen MR) is 89.6 cm³/mol. The van der Waals surface area contributed by atoms with E-state index in [1.807, 2.05) is 25.1 Å². The van der Waals surface area contributed by atoms with Gasteiger partial charge in [-0.2, -0.15) is 0 Å². The van der Waals surface area contributed by atoms with Crippen molar-refractivity contribution >= 4 is 17.7 Å². The summed E-state index contributed by atoms with van der Waals surface area (Å²) in [4.78, 5) is 28.8. The number of benzene rings is 1. The molecule has 0 spiro atoms. The quantitative estimate of drug-likeness (QED) is 0.846. The van der Waals surface area contributed by atoms with Crippen LogP contribution >= 0.6 is 0 Å². The average Bonchev–Trinajstić information content (AvgIpc) is 3.29. The number of hydrogen-bond acceptors (Lipinski definition) is 3. The maximum absolute atomic E-state index is 12.1. The molecule has 1 saturated heterocycles. The molecule has 1 heterocycles. The molecule has 24 heavy (non-hydrogen) atoms. The van der Waals surface area contributed by atoms with E-state index in [2.05, 4.69) is 10.2 Å². The molecule has 1 aromatic carbocycles. The van der Waals surface area contributed by atoms with Gasteiger partial charge in [-0.05, 0) is 30.7 Å². The number of cyclic esters (lactones) is 1. The molecule has 2 amide bonds. The van der Waals surface area contributed by atoms with Crippen LogP contribution in [0.3, 0.4) is 0 Å². The molecular weight excluding hydrogens is 306 g/mol. The highest BCUT2D eigenvalue weighted by Gasteiger charge is 2.53. The first-order valence-corrected chi connectivity index (χ1v) is 8.23. The smallest absolute Gasteiger partial charge is 0.414 e. The number of amides is 2. The summed E-state index contributed by atoms with van der Waals surface area (Å²) in [6.45, 7) is 11.9. The molecule has 126 valence electrons. The molecule has 1 atom stereocenters. The van der Waals surface area contributed by atoms with E-state index in [-0.39, 0.29) is 17.6 Å². The Hall–Kier alpha value is -2.55. The number of rotatable bonds is 5. The number of nitrogens with zero attached hydrogens (tertiary/aromatic N) is 2. The van der Waals surface area contributed by atoms with Gasteiger partial charge in [0.15, 0.2) is 0 Å². The molecule has 1 aliphatic heterocycles. The van der Waals surface area contributed by atoms with E-state index in [4.69, 9.17) is 11.3 Å². The van der Waals surface area contributed by atoms with Gasteiger partial charge in [-0.15, -0.1) is 0 Å². The van der Waals surface area contributed by atoms with E-state index in [0.717, 1.165) is 29.7 Å². The fraction of sp³-hybridized carbons (Fsp3) is 0.500. The zero-order valence-electron chi connectivity index (χ0n) is 14.0. The van der Waals surface area contributed by atoms with E-state index in [1.165, 1.54) is 0 Å². The van der Waals surface area contributed by atoms with Crippen LogP contribution in [0.25, 0.3) is 4.85 Å². The fourth-order valence-electron chi connectivity index (χ4n) is 3.09. The zero-order chi connectivity index (χ0) is 17.3. The van der Waals surface area contributed by atoms with E-state index >= 15 is 0 Å². The van der Waals surface area contributed by atoms with Crippen molar-refractivity contribution in [3.63, 3.8) is 0 Å². The van der Waals surface area contributed by atoms with Crippen molar-refractivity contribution in [1.82, 2.24) is 5.32 Å². The Balaban J connectivity index is 1.71. The van der Waals surface area contributed by atoms with Crippen LogP contribution < -0.4 is 10.2 Å². The van der Waals surface area contributed by atoms with E-state index in [9.17, 15) is 9.59 Å². The van der Waals surface area contributed by atoms with Crippen LogP contribution in [0.1, 0.15) is 37.3 Å². The Bertz CT molecular complexity index is 719. The van der Waals surface area contributed by atoms with Crippen molar-refractivity contribution in [1.29, 1.82) is 0 Å². The second-order valence-corrected chi connectivity index (χ2v) is 6.42. The molecule has 0 aromatic heterocycles. The number of aryl methyl sites for hydroxylation is 1. The van der Waals surface area contributed by atoms with Gasteiger partial charge in [-0.1, -0.05) is 6.92 Å². The van der Waals surface area contributed by atoms with Crippen molar-refractivity contribution in [3.8, 4) is 0 Å². The first-order chi connectivity index (χ1) is 11.5. The largest absolute Gasteiger partial charge is 0.442 e. The third kappa shape index (κ3) is 2.94. The first-order valence-electron chi connectivity index (χ1n) is 8.23. The van der Waals surface area contributed by atoms with Gasteiger partial charge < -0.3 is 14.9 Å². The van der Waals surface area contributed by atoms with Crippen molar-refractivity contribution in [2.75, 3.05) is 18.0 Å². The van der Waals surface area contributed by atoms with Crippen LogP contribution in [0.5, 0.6) is 0 Å². The first kappa shape index (κ1) is 16.3. The molecular formula is C18H21N3O3. The summed E-state index contributed by atoms with van der Waals surface area (Å²) in [5.74, 6) is -0.0569. The molecule has 1 saturated carbocycles. The number of nitrogens with one attached hydrogen (secondary N) is 1. The van der Waals surface area contributed by atoms with Crippen molar-refractivity contribution in [2.24, 2.45) is 0 Å². The summed E-state index contributed by atoms with van der Waals surface area (Å²) < 4.78 is 5.32. The molecule has 6 heteroatoms. The van der Waals surface area contributed by atoms with Gasteiger partial charge >= 0.3 is 6.09 Å². The van der Waals surface area contributed by atoms with Gasteiger partial charge in [0.1, 0.15) is 6.10 Å². The van der Waals surface area contributed by atoms with Crippen molar-refractivity contribution < 1.29 is 14.3 Å². The monoisotopic (exact) mass is 327 g/mol. The van der Waals surface area contributed by atoms with Crippen LogP contribution in [0.4, 0.5) is 10.5 Å². The van der Waals surface area contributed by atoms with E-state index < -0.39 is 6.09 Å². The summed E-state index contributed by atoms with van der Waals surface area (Å²) >= 11 is 0. The van der Waals surface area contributed by atoms with Crippen molar-refractivity contribution in [2.45, 2.75) is 44.8 Å². The highest BCUT2D eigenvalue weighted by Crippen LogP contribution is 2.51. The Morgan fingerprint density at radius 1 is 1.50 bits per heavy atom. The Morgan fingerprint density at radius 3 is 2.83 bits per heavy atom. The zero-order valence-corrected chi connectivity index (χ0v) is 14.0. The lowest BCUT2D eigenvalue weighted by Crippen LogP contribution is -2.34. The van der Waals surface area contributed by atoms with Crippen molar-refractivity contribution in [3.05, 3.63) is 40.7 Å². The minimum atomic E-state index is -0.399. The van der Waals surface area contributed by atoms with Gasteiger partial charge in [0.25, 0.3) is 5.54 Å². The SMILES string of the molecule is [C-]#[N+]C1(c2ccc(N3CC(CNC(=O)CC)OC3=O)cc2C)CC1. The highest BCUT2D eigenvalue weighted by atomic mass is 16.6. The number of hydrogen-bond donors (Lipinski definition) is 1. The number of carbonyl (C=O) groups is 2. The van der Waals surface area contributed by atoms with E-state index in [1.54, 1.807) is 11.8 Å². The Morgan fingerprint density at radius 2 is 2.25 bits per heavy atom. The molecule has 1 aliphatic carbocycles. The second-order valence-electron chi connectivity index (χ2n) is 6.42. The third-order valence-corrected chi connectivity index (χ3v) is 4.68. The van der Waals surface area contributed by atoms with Gasteiger partial charge in [-0.3, -0.25) is 9.69 Å². The van der Waals surface area contributed by atoms with E-state index in [0.29, 0.717) is 19.5 Å². The van der Waals surface area contributed by atoms with Gasteiger partial charge in [-0.25, -0.2) is 11.4 Å². The van der Waals surface area contributed by atoms with Gasteiger partial charge in [0, 0.05) is 30.5 Å². The lowest BCUT2D eigenvalue weighted by atomic mass is 9.99. The normalized spacial score (nSPS) is 21.1. The Kier molecular flexibility index (Phi) is 4.18. The minimum Gasteiger partial charge on any atom is -0.442 e. The highest BCUT2D eigenvalue weighted by molar-refractivity contribution is 5.90. The molecule has 1 aromatic rings. The average molecular weight is 327 g/mol. The van der Waals surface area contributed by atoms with Gasteiger partial charge in [0.2, 0.25) is 5.91 Å². The standard InChI is InChI=1S/C18H21N3O3/c1-4-16(22)20-10-14-11-21(17(23)24-14)13-5-6-15(12(2)9-13)18(19-3)7-8-18/h5-6,9,14H,4,7-8,10-11H2,1-2H3,(H,20,22). The second kappa shape index (κ2) is 6.16. The minimum absolute atomic E-state index is 0.0569. The summed E-state index contributed by atoms with van der Waals surface area (Å²) in [5, 5.41) is 2.75. The molecule has 1 unspecified atom stereocenters. The van der Waals surface area contributed by atoms with Crippen LogP contribution in [0.15, 0.2) is 18.2 Å². The maximum Gasteiger partial charge on any atom is 0.414 e. The van der Waals surface area contributed by atoms with Crippen LogP contribution in [-0.4, -0.2) is 31.2 Å².